The first-order valence-electron chi connectivity index (χ1n) is 13.8. The summed E-state index contributed by atoms with van der Waals surface area (Å²) in [6.45, 7) is 3.43. The molecule has 15 heteroatoms. The fraction of sp³-hybridized carbons (Fsp3) is 0.333. The molecule has 0 atom stereocenters. The second kappa shape index (κ2) is 13.7. The number of fused-ring (bicyclic) bond motifs is 1. The van der Waals surface area contributed by atoms with Crippen molar-refractivity contribution < 1.29 is 35.9 Å². The van der Waals surface area contributed by atoms with Crippen LogP contribution in [0.2, 0.25) is 0 Å². The minimum Gasteiger partial charge on any atom is -0.484 e. The van der Waals surface area contributed by atoms with E-state index in [1.807, 2.05) is 34.7 Å². The van der Waals surface area contributed by atoms with Crippen molar-refractivity contribution in [1.29, 1.82) is 0 Å². The number of piperazine rings is 1. The van der Waals surface area contributed by atoms with Crippen LogP contribution in [0.15, 0.2) is 60.8 Å². The van der Waals surface area contributed by atoms with Crippen LogP contribution < -0.4 is 14.2 Å². The van der Waals surface area contributed by atoms with Crippen molar-refractivity contribution in [2.45, 2.75) is 19.6 Å². The lowest BCUT2D eigenvalue weighted by atomic mass is 10.2. The number of benzene rings is 2. The molecule has 2 aromatic carbocycles. The third-order valence-electron chi connectivity index (χ3n) is 7.23. The molecule has 1 fully saturated rings. The van der Waals surface area contributed by atoms with Crippen molar-refractivity contribution in [3.8, 4) is 17.4 Å². The highest BCUT2D eigenvalue weighted by atomic mass is 79.9. The van der Waals surface area contributed by atoms with Crippen LogP contribution in [0.1, 0.15) is 21.6 Å². The first-order chi connectivity index (χ1) is 20.7. The van der Waals surface area contributed by atoms with E-state index >= 15 is 0 Å². The Morgan fingerprint density at radius 2 is 1.67 bits per heavy atom. The van der Waals surface area contributed by atoms with Crippen molar-refractivity contribution in [1.82, 2.24) is 19.4 Å². The molecule has 10 nitrogen and oxygen atoms in total. The number of pyridine rings is 1. The Bertz CT molecular complexity index is 1770. The quantitative estimate of drug-likeness (QED) is 0.244. The number of alkyl halides is 3. The Labute approximate surface area is 269 Å². The number of halogens is 4. The number of amides is 1. The maximum absolute atomic E-state index is 13.5. The lowest BCUT2D eigenvalue weighted by Crippen LogP contribution is -2.48. The van der Waals surface area contributed by atoms with Crippen LogP contribution in [-0.4, -0.2) is 78.9 Å². The number of aryl methyl sites for hydroxylation is 2. The number of rotatable bonds is 9. The summed E-state index contributed by atoms with van der Waals surface area (Å²) in [4.78, 5) is 21.7. The lowest BCUT2D eigenvalue weighted by Gasteiger charge is -2.34. The molecule has 1 amide bonds. The number of hydrogen-bond donors (Lipinski definition) is 1. The van der Waals surface area contributed by atoms with E-state index in [0.717, 1.165) is 22.7 Å². The Morgan fingerprint density at radius 3 is 2.29 bits per heavy atom. The maximum Gasteiger partial charge on any atom is 0.422 e. The molecule has 0 aliphatic carbocycles. The third-order valence-corrected chi connectivity index (χ3v) is 7.82. The number of aromatic nitrogens is 2. The van der Waals surface area contributed by atoms with Crippen LogP contribution in [0.5, 0.6) is 17.4 Å². The average Bonchev–Trinajstić information content (AvgIpc) is 3.29. The number of carbonyl (C=O) groups is 1. The molecule has 0 radical (unpaired) electrons. The molecule has 3 heterocycles. The molecule has 1 aliphatic heterocycles. The number of nitrogens with zero attached hydrogens (tertiary/aromatic N) is 4. The SMILES string of the molecule is Br.Cc1cc(Oc2ccc3cc(C(=O)N4CCN(Cc5ccc(OCC(F)(F)F)cc5)CC4)n(C)c3c2)ncc1NS(C)(=O)=O. The number of sulfonamides is 1. The van der Waals surface area contributed by atoms with Crippen molar-refractivity contribution >= 4 is 49.5 Å². The molecule has 2 aromatic heterocycles. The molecular formula is C30H33BrF3N5O5S. The van der Waals surface area contributed by atoms with Gasteiger partial charge in [-0.05, 0) is 48.4 Å². The van der Waals surface area contributed by atoms with Gasteiger partial charge < -0.3 is 18.9 Å². The van der Waals surface area contributed by atoms with E-state index in [2.05, 4.69) is 14.6 Å². The molecule has 0 saturated carbocycles. The molecule has 1 aliphatic rings. The van der Waals surface area contributed by atoms with Gasteiger partial charge in [-0.15, -0.1) is 17.0 Å². The summed E-state index contributed by atoms with van der Waals surface area (Å²) in [6, 6.07) is 15.5. The number of nitrogens with one attached hydrogen (secondary N) is 1. The third kappa shape index (κ3) is 8.89. The van der Waals surface area contributed by atoms with Gasteiger partial charge in [0, 0.05) is 57.3 Å². The molecule has 5 rings (SSSR count). The average molecular weight is 713 g/mol. The van der Waals surface area contributed by atoms with Gasteiger partial charge in [-0.3, -0.25) is 14.4 Å². The Balaban J connectivity index is 0.00000461. The summed E-state index contributed by atoms with van der Waals surface area (Å²) in [5.74, 6) is 0.903. The van der Waals surface area contributed by atoms with E-state index in [9.17, 15) is 26.4 Å². The van der Waals surface area contributed by atoms with Crippen LogP contribution in [0.4, 0.5) is 18.9 Å². The standard InChI is InChI=1S/C30H32F3N5O5S.BrH/c1-20-14-28(34-17-25(20)35-44(3,40)41)43-24-9-6-22-15-27(36(2)26(22)16-24)29(39)38-12-10-37(11-13-38)18-21-4-7-23(8-5-21)42-19-30(31,32)33;/h4-9,14-17,35H,10-13,18-19H2,1-3H3;1H. The van der Waals surface area contributed by atoms with E-state index in [1.165, 1.54) is 18.3 Å². The van der Waals surface area contributed by atoms with Crippen LogP contribution in [0, 0.1) is 6.92 Å². The van der Waals surface area contributed by atoms with Crippen LogP contribution in [0.3, 0.4) is 0 Å². The zero-order valence-electron chi connectivity index (χ0n) is 24.8. The van der Waals surface area contributed by atoms with Gasteiger partial charge in [-0.2, -0.15) is 13.2 Å². The fourth-order valence-corrected chi connectivity index (χ4v) is 5.59. The van der Waals surface area contributed by atoms with Gasteiger partial charge in [0.25, 0.3) is 5.91 Å². The summed E-state index contributed by atoms with van der Waals surface area (Å²) < 4.78 is 75.1. The largest absolute Gasteiger partial charge is 0.484 e. The first kappa shape index (κ1) is 34.1. The summed E-state index contributed by atoms with van der Waals surface area (Å²) >= 11 is 0. The molecule has 45 heavy (non-hydrogen) atoms. The molecule has 1 saturated heterocycles. The van der Waals surface area contributed by atoms with Gasteiger partial charge in [-0.1, -0.05) is 12.1 Å². The summed E-state index contributed by atoms with van der Waals surface area (Å²) in [5.41, 5.74) is 3.32. The van der Waals surface area contributed by atoms with Gasteiger partial charge in [0.1, 0.15) is 17.2 Å². The second-order valence-electron chi connectivity index (χ2n) is 10.7. The van der Waals surface area contributed by atoms with Crippen LogP contribution >= 0.6 is 17.0 Å². The summed E-state index contributed by atoms with van der Waals surface area (Å²) in [7, 11) is -1.61. The number of ether oxygens (including phenoxy) is 2. The smallest absolute Gasteiger partial charge is 0.422 e. The molecule has 0 bridgehead atoms. The molecule has 1 N–H and O–H groups in total. The van der Waals surface area contributed by atoms with E-state index in [-0.39, 0.29) is 28.6 Å². The maximum atomic E-state index is 13.5. The van der Waals surface area contributed by atoms with Crippen molar-refractivity contribution in [3.63, 3.8) is 0 Å². The van der Waals surface area contributed by atoms with Gasteiger partial charge in [0.15, 0.2) is 6.61 Å². The topological polar surface area (TPSA) is 106 Å². The summed E-state index contributed by atoms with van der Waals surface area (Å²) in [5, 5.41) is 0.876. The molecule has 0 spiro atoms. The number of anilines is 1. The first-order valence-corrected chi connectivity index (χ1v) is 15.7. The highest BCUT2D eigenvalue weighted by Gasteiger charge is 2.28. The van der Waals surface area contributed by atoms with E-state index in [4.69, 9.17) is 9.47 Å². The lowest BCUT2D eigenvalue weighted by molar-refractivity contribution is -0.153. The predicted molar refractivity (Wildman–Crippen MR) is 170 cm³/mol. The fourth-order valence-electron chi connectivity index (χ4n) is 4.98. The van der Waals surface area contributed by atoms with Crippen molar-refractivity contribution in [3.05, 3.63) is 77.6 Å². The Hall–Kier alpha value is -3.82. The van der Waals surface area contributed by atoms with Crippen molar-refractivity contribution in [2.75, 3.05) is 43.8 Å². The molecule has 242 valence electrons. The molecule has 0 unspecified atom stereocenters. The highest BCUT2D eigenvalue weighted by molar-refractivity contribution is 8.93. The Kier molecular flexibility index (Phi) is 10.3. The van der Waals surface area contributed by atoms with E-state index in [0.29, 0.717) is 61.3 Å². The second-order valence-corrected chi connectivity index (χ2v) is 12.5. The normalized spacial score (nSPS) is 14.2. The summed E-state index contributed by atoms with van der Waals surface area (Å²) in [6.07, 6.45) is -1.91. The van der Waals surface area contributed by atoms with Gasteiger partial charge in [0.2, 0.25) is 15.9 Å². The highest BCUT2D eigenvalue weighted by Crippen LogP contribution is 2.29. The van der Waals surface area contributed by atoms with Gasteiger partial charge >= 0.3 is 6.18 Å². The van der Waals surface area contributed by atoms with E-state index in [1.54, 1.807) is 31.2 Å². The minimum absolute atomic E-state index is 0. The molecular weight excluding hydrogens is 679 g/mol. The number of carbonyl (C=O) groups excluding carboxylic acids is 1. The van der Waals surface area contributed by atoms with Crippen LogP contribution in [0.25, 0.3) is 10.9 Å². The van der Waals surface area contributed by atoms with Gasteiger partial charge in [-0.25, -0.2) is 13.4 Å². The van der Waals surface area contributed by atoms with Crippen molar-refractivity contribution in [2.24, 2.45) is 7.05 Å². The minimum atomic E-state index is -4.38. The van der Waals surface area contributed by atoms with E-state index < -0.39 is 22.8 Å². The monoisotopic (exact) mass is 711 g/mol. The van der Waals surface area contributed by atoms with Gasteiger partial charge in [0.05, 0.1) is 23.7 Å². The predicted octanol–water partition coefficient (Wildman–Crippen LogP) is 5.52. The zero-order chi connectivity index (χ0) is 31.6. The Morgan fingerprint density at radius 1 is 1.00 bits per heavy atom. The molecule has 4 aromatic rings. The number of hydrogen-bond acceptors (Lipinski definition) is 7. The zero-order valence-corrected chi connectivity index (χ0v) is 27.3. The van der Waals surface area contributed by atoms with Crippen LogP contribution in [-0.2, 0) is 23.6 Å².